The van der Waals surface area contributed by atoms with Gasteiger partial charge in [-0.05, 0) is 43.7 Å². The lowest BCUT2D eigenvalue weighted by Crippen LogP contribution is -2.45. The molecule has 3 rings (SSSR count). The molecule has 1 N–H and O–H groups in total. The molecule has 2 heteroatoms. The van der Waals surface area contributed by atoms with Crippen molar-refractivity contribution >= 4 is 0 Å². The van der Waals surface area contributed by atoms with Crippen LogP contribution in [0.1, 0.15) is 35.6 Å². The Balaban J connectivity index is 1.90. The van der Waals surface area contributed by atoms with Gasteiger partial charge in [0.25, 0.3) is 0 Å². The van der Waals surface area contributed by atoms with Gasteiger partial charge in [0.15, 0.2) is 0 Å². The summed E-state index contributed by atoms with van der Waals surface area (Å²) in [7, 11) is 0. The standard InChI is InChI=1S/C16H24N2/c1-12-3-4-13(2)15(11-12)16(14-5-6-14)18-9-7-17-8-10-18/h3-4,11,14,16-17H,5-10H2,1-2H3/t16-/m0/s1. The van der Waals surface area contributed by atoms with E-state index in [0.717, 1.165) is 19.0 Å². The summed E-state index contributed by atoms with van der Waals surface area (Å²) in [6, 6.07) is 7.62. The van der Waals surface area contributed by atoms with E-state index in [1.807, 2.05) is 0 Å². The first-order valence-corrected chi connectivity index (χ1v) is 7.27. The summed E-state index contributed by atoms with van der Waals surface area (Å²) in [6.07, 6.45) is 2.84. The molecule has 0 bridgehead atoms. The van der Waals surface area contributed by atoms with Gasteiger partial charge in [0.1, 0.15) is 0 Å². The molecular formula is C16H24N2. The van der Waals surface area contributed by atoms with Crippen molar-refractivity contribution in [3.05, 3.63) is 34.9 Å². The van der Waals surface area contributed by atoms with Crippen LogP contribution in [0.4, 0.5) is 0 Å². The van der Waals surface area contributed by atoms with Crippen LogP contribution in [0.2, 0.25) is 0 Å². The maximum atomic E-state index is 3.46. The van der Waals surface area contributed by atoms with E-state index >= 15 is 0 Å². The Morgan fingerprint density at radius 2 is 1.89 bits per heavy atom. The molecule has 0 aromatic heterocycles. The lowest BCUT2D eigenvalue weighted by molar-refractivity contribution is 0.155. The first kappa shape index (κ1) is 12.2. The minimum absolute atomic E-state index is 0.673. The molecule has 0 radical (unpaired) electrons. The maximum Gasteiger partial charge on any atom is 0.0380 e. The first-order chi connectivity index (χ1) is 8.75. The normalized spacial score (nSPS) is 23.0. The molecule has 1 saturated heterocycles. The molecule has 1 saturated carbocycles. The lowest BCUT2D eigenvalue weighted by Gasteiger charge is -2.36. The van der Waals surface area contributed by atoms with E-state index in [9.17, 15) is 0 Å². The zero-order valence-electron chi connectivity index (χ0n) is 11.6. The number of nitrogens with zero attached hydrogens (tertiary/aromatic N) is 1. The Labute approximate surface area is 110 Å². The van der Waals surface area contributed by atoms with Crippen molar-refractivity contribution in [1.29, 1.82) is 0 Å². The van der Waals surface area contributed by atoms with Crippen molar-refractivity contribution in [2.45, 2.75) is 32.7 Å². The fraction of sp³-hybridized carbons (Fsp3) is 0.625. The SMILES string of the molecule is Cc1ccc(C)c([C@H](C2CC2)N2CCNCC2)c1. The van der Waals surface area contributed by atoms with Crippen molar-refractivity contribution in [2.75, 3.05) is 26.2 Å². The van der Waals surface area contributed by atoms with E-state index in [4.69, 9.17) is 0 Å². The predicted molar refractivity (Wildman–Crippen MR) is 75.8 cm³/mol. The van der Waals surface area contributed by atoms with Crippen LogP contribution in [-0.4, -0.2) is 31.1 Å². The molecule has 1 aromatic rings. The van der Waals surface area contributed by atoms with Crippen LogP contribution in [0.5, 0.6) is 0 Å². The van der Waals surface area contributed by atoms with Crippen LogP contribution < -0.4 is 5.32 Å². The number of hydrogen-bond donors (Lipinski definition) is 1. The number of aryl methyl sites for hydroxylation is 2. The first-order valence-electron chi connectivity index (χ1n) is 7.27. The van der Waals surface area contributed by atoms with E-state index in [-0.39, 0.29) is 0 Å². The second kappa shape index (κ2) is 5.02. The smallest absolute Gasteiger partial charge is 0.0380 e. The number of piperazine rings is 1. The topological polar surface area (TPSA) is 15.3 Å². The molecular weight excluding hydrogens is 220 g/mol. The van der Waals surface area contributed by atoms with E-state index in [2.05, 4.69) is 42.3 Å². The van der Waals surface area contributed by atoms with Gasteiger partial charge in [-0.1, -0.05) is 23.8 Å². The van der Waals surface area contributed by atoms with Crippen LogP contribution in [0, 0.1) is 19.8 Å². The van der Waals surface area contributed by atoms with E-state index < -0.39 is 0 Å². The van der Waals surface area contributed by atoms with E-state index in [1.165, 1.54) is 37.1 Å². The van der Waals surface area contributed by atoms with Crippen molar-refractivity contribution < 1.29 is 0 Å². The molecule has 0 unspecified atom stereocenters. The summed E-state index contributed by atoms with van der Waals surface area (Å²) in [5, 5.41) is 3.46. The van der Waals surface area contributed by atoms with Crippen LogP contribution in [0.15, 0.2) is 18.2 Å². The quantitative estimate of drug-likeness (QED) is 0.879. The zero-order valence-corrected chi connectivity index (χ0v) is 11.6. The minimum Gasteiger partial charge on any atom is -0.314 e. The molecule has 18 heavy (non-hydrogen) atoms. The van der Waals surface area contributed by atoms with Crippen molar-refractivity contribution in [3.8, 4) is 0 Å². The van der Waals surface area contributed by atoms with E-state index in [1.54, 1.807) is 5.56 Å². The number of hydrogen-bond acceptors (Lipinski definition) is 2. The van der Waals surface area contributed by atoms with Gasteiger partial charge in [-0.2, -0.15) is 0 Å². The highest BCUT2D eigenvalue weighted by molar-refractivity contribution is 5.34. The molecule has 1 atom stereocenters. The van der Waals surface area contributed by atoms with Gasteiger partial charge < -0.3 is 5.32 Å². The van der Waals surface area contributed by atoms with Crippen LogP contribution in [0.3, 0.4) is 0 Å². The molecule has 1 aliphatic carbocycles. The van der Waals surface area contributed by atoms with Gasteiger partial charge in [-0.3, -0.25) is 4.90 Å². The van der Waals surface area contributed by atoms with Gasteiger partial charge in [0.05, 0.1) is 0 Å². The third kappa shape index (κ3) is 2.45. The van der Waals surface area contributed by atoms with Crippen LogP contribution in [0.25, 0.3) is 0 Å². The second-order valence-electron chi connectivity index (χ2n) is 5.93. The molecule has 98 valence electrons. The van der Waals surface area contributed by atoms with Crippen molar-refractivity contribution in [3.63, 3.8) is 0 Å². The molecule has 0 spiro atoms. The Kier molecular flexibility index (Phi) is 3.40. The lowest BCUT2D eigenvalue weighted by atomic mass is 9.94. The average molecular weight is 244 g/mol. The predicted octanol–water partition coefficient (Wildman–Crippen LogP) is 2.66. The third-order valence-electron chi connectivity index (χ3n) is 4.37. The van der Waals surface area contributed by atoms with Crippen molar-refractivity contribution in [2.24, 2.45) is 5.92 Å². The van der Waals surface area contributed by atoms with Gasteiger partial charge in [0, 0.05) is 32.2 Å². The van der Waals surface area contributed by atoms with Gasteiger partial charge in [-0.25, -0.2) is 0 Å². The van der Waals surface area contributed by atoms with Crippen LogP contribution in [-0.2, 0) is 0 Å². The molecule has 2 nitrogen and oxygen atoms in total. The molecule has 2 aliphatic rings. The Morgan fingerprint density at radius 1 is 1.17 bits per heavy atom. The Bertz CT molecular complexity index is 417. The highest BCUT2D eigenvalue weighted by atomic mass is 15.2. The monoisotopic (exact) mass is 244 g/mol. The molecule has 1 heterocycles. The fourth-order valence-electron chi connectivity index (χ4n) is 3.20. The largest absolute Gasteiger partial charge is 0.314 e. The van der Waals surface area contributed by atoms with Crippen molar-refractivity contribution in [1.82, 2.24) is 10.2 Å². The minimum atomic E-state index is 0.673. The summed E-state index contributed by atoms with van der Waals surface area (Å²) in [6.45, 7) is 9.18. The Morgan fingerprint density at radius 3 is 2.56 bits per heavy atom. The van der Waals surface area contributed by atoms with E-state index in [0.29, 0.717) is 6.04 Å². The summed E-state index contributed by atoms with van der Waals surface area (Å²) >= 11 is 0. The molecule has 1 aliphatic heterocycles. The highest BCUT2D eigenvalue weighted by Crippen LogP contribution is 2.45. The Hall–Kier alpha value is -0.860. The average Bonchev–Trinajstić information content (AvgIpc) is 3.20. The molecule has 2 fully saturated rings. The van der Waals surface area contributed by atoms with Gasteiger partial charge >= 0.3 is 0 Å². The maximum absolute atomic E-state index is 3.46. The highest BCUT2D eigenvalue weighted by Gasteiger charge is 2.37. The molecule has 0 amide bonds. The summed E-state index contributed by atoms with van der Waals surface area (Å²) in [5.74, 6) is 0.906. The number of benzene rings is 1. The molecule has 1 aromatic carbocycles. The summed E-state index contributed by atoms with van der Waals surface area (Å²) < 4.78 is 0. The zero-order chi connectivity index (χ0) is 12.5. The number of nitrogens with one attached hydrogen (secondary N) is 1. The second-order valence-corrected chi connectivity index (χ2v) is 5.93. The van der Waals surface area contributed by atoms with Crippen LogP contribution >= 0.6 is 0 Å². The fourth-order valence-corrected chi connectivity index (χ4v) is 3.20. The van der Waals surface area contributed by atoms with Gasteiger partial charge in [-0.15, -0.1) is 0 Å². The van der Waals surface area contributed by atoms with Gasteiger partial charge in [0.2, 0.25) is 0 Å². The summed E-state index contributed by atoms with van der Waals surface area (Å²) in [5.41, 5.74) is 4.45. The third-order valence-corrected chi connectivity index (χ3v) is 4.37. The number of rotatable bonds is 3. The summed E-state index contributed by atoms with van der Waals surface area (Å²) in [4.78, 5) is 2.70.